The van der Waals surface area contributed by atoms with E-state index in [1.807, 2.05) is 18.2 Å². The van der Waals surface area contributed by atoms with Gasteiger partial charge in [-0.05, 0) is 29.7 Å². The molecule has 0 unspecified atom stereocenters. The van der Waals surface area contributed by atoms with Gasteiger partial charge >= 0.3 is 0 Å². The molecule has 86 valence electrons. The minimum Gasteiger partial charge on any atom is -0.454 e. The lowest BCUT2D eigenvalue weighted by molar-refractivity contribution is 0.174. The molecule has 1 aromatic heterocycles. The van der Waals surface area contributed by atoms with Crippen LogP contribution in [0.2, 0.25) is 0 Å². The second-order valence-corrected chi connectivity index (χ2v) is 3.85. The van der Waals surface area contributed by atoms with Crippen LogP contribution in [0.3, 0.4) is 0 Å². The van der Waals surface area contributed by atoms with Crippen molar-refractivity contribution < 1.29 is 14.0 Å². The summed E-state index contributed by atoms with van der Waals surface area (Å²) in [5.74, 6) is 1.58. The first-order valence-electron chi connectivity index (χ1n) is 5.30. The summed E-state index contributed by atoms with van der Waals surface area (Å²) in [5, 5.41) is 3.85. The van der Waals surface area contributed by atoms with Crippen LogP contribution in [0.15, 0.2) is 41.6 Å². The molecule has 2 heterocycles. The number of rotatable bonds is 3. The standard InChI is InChI=1S/C13H11NO3/c1-9(11-4-5-17-14-11)6-10-2-3-12-13(7-10)16-8-15-12/h2-5,7H,1,6,8H2. The Hall–Kier alpha value is -2.23. The smallest absolute Gasteiger partial charge is 0.231 e. The van der Waals surface area contributed by atoms with Crippen molar-refractivity contribution in [2.45, 2.75) is 6.42 Å². The second kappa shape index (κ2) is 3.97. The molecule has 3 rings (SSSR count). The third-order valence-corrected chi connectivity index (χ3v) is 2.65. The Kier molecular flexibility index (Phi) is 2.33. The number of benzene rings is 1. The van der Waals surface area contributed by atoms with Gasteiger partial charge < -0.3 is 14.0 Å². The summed E-state index contributed by atoms with van der Waals surface area (Å²) in [6.45, 7) is 4.29. The maximum absolute atomic E-state index is 5.33. The van der Waals surface area contributed by atoms with E-state index in [4.69, 9.17) is 14.0 Å². The number of nitrogens with zero attached hydrogens (tertiary/aromatic N) is 1. The Bertz CT molecular complexity index is 546. The molecule has 1 aromatic carbocycles. The predicted octanol–water partition coefficient (Wildman–Crippen LogP) is 2.66. The van der Waals surface area contributed by atoms with Crippen LogP contribution in [0.5, 0.6) is 11.5 Å². The number of ether oxygens (including phenoxy) is 2. The first-order valence-corrected chi connectivity index (χ1v) is 5.30. The fourth-order valence-corrected chi connectivity index (χ4v) is 1.78. The molecular weight excluding hydrogens is 218 g/mol. The Morgan fingerprint density at radius 2 is 2.12 bits per heavy atom. The molecule has 0 saturated carbocycles. The summed E-state index contributed by atoms with van der Waals surface area (Å²) in [6, 6.07) is 7.68. The number of hydrogen-bond acceptors (Lipinski definition) is 4. The summed E-state index contributed by atoms with van der Waals surface area (Å²) in [7, 11) is 0. The van der Waals surface area contributed by atoms with Crippen LogP contribution in [0.25, 0.3) is 5.57 Å². The van der Waals surface area contributed by atoms with Crippen molar-refractivity contribution in [1.82, 2.24) is 5.16 Å². The summed E-state index contributed by atoms with van der Waals surface area (Å²) >= 11 is 0. The van der Waals surface area contributed by atoms with E-state index in [9.17, 15) is 0 Å². The highest BCUT2D eigenvalue weighted by Gasteiger charge is 2.14. The molecule has 1 aliphatic heterocycles. The van der Waals surface area contributed by atoms with E-state index >= 15 is 0 Å². The normalized spacial score (nSPS) is 12.7. The fourth-order valence-electron chi connectivity index (χ4n) is 1.78. The molecule has 2 aromatic rings. The Morgan fingerprint density at radius 3 is 2.94 bits per heavy atom. The average Bonchev–Trinajstić information content (AvgIpc) is 2.99. The Labute approximate surface area is 98.4 Å². The molecule has 0 N–H and O–H groups in total. The van der Waals surface area contributed by atoms with Crippen LogP contribution in [0.1, 0.15) is 11.3 Å². The van der Waals surface area contributed by atoms with Crippen molar-refractivity contribution in [1.29, 1.82) is 0 Å². The third kappa shape index (κ3) is 1.89. The zero-order valence-corrected chi connectivity index (χ0v) is 9.18. The van der Waals surface area contributed by atoms with Gasteiger partial charge in [-0.3, -0.25) is 0 Å². The molecule has 1 aliphatic rings. The minimum atomic E-state index is 0.295. The van der Waals surface area contributed by atoms with E-state index < -0.39 is 0 Å². The molecule has 0 bridgehead atoms. The van der Waals surface area contributed by atoms with E-state index in [-0.39, 0.29) is 0 Å². The zero-order valence-electron chi connectivity index (χ0n) is 9.18. The molecule has 0 aliphatic carbocycles. The maximum atomic E-state index is 5.33. The minimum absolute atomic E-state index is 0.295. The highest BCUT2D eigenvalue weighted by Crippen LogP contribution is 2.33. The lowest BCUT2D eigenvalue weighted by atomic mass is 10.0. The molecule has 0 amide bonds. The van der Waals surface area contributed by atoms with E-state index in [0.717, 1.165) is 28.3 Å². The summed E-state index contributed by atoms with van der Waals surface area (Å²) in [5.41, 5.74) is 2.81. The Morgan fingerprint density at radius 1 is 1.24 bits per heavy atom. The predicted molar refractivity (Wildman–Crippen MR) is 61.8 cm³/mol. The Balaban J connectivity index is 1.80. The van der Waals surface area contributed by atoms with E-state index in [0.29, 0.717) is 13.2 Å². The molecule has 0 saturated heterocycles. The second-order valence-electron chi connectivity index (χ2n) is 3.85. The number of hydrogen-bond donors (Lipinski definition) is 0. The van der Waals surface area contributed by atoms with Gasteiger partial charge in [0.05, 0.1) is 0 Å². The van der Waals surface area contributed by atoms with Crippen LogP contribution in [-0.2, 0) is 6.42 Å². The molecule has 17 heavy (non-hydrogen) atoms. The number of aromatic nitrogens is 1. The van der Waals surface area contributed by atoms with Gasteiger partial charge in [-0.25, -0.2) is 0 Å². The van der Waals surface area contributed by atoms with Crippen molar-refractivity contribution in [2.24, 2.45) is 0 Å². The quantitative estimate of drug-likeness (QED) is 0.811. The lowest BCUT2D eigenvalue weighted by Crippen LogP contribution is -1.93. The van der Waals surface area contributed by atoms with E-state index in [1.165, 1.54) is 0 Å². The van der Waals surface area contributed by atoms with Crippen molar-refractivity contribution in [3.05, 3.63) is 48.4 Å². The van der Waals surface area contributed by atoms with Crippen molar-refractivity contribution >= 4 is 5.57 Å². The zero-order chi connectivity index (χ0) is 11.7. The third-order valence-electron chi connectivity index (χ3n) is 2.65. The van der Waals surface area contributed by atoms with Crippen molar-refractivity contribution in [3.63, 3.8) is 0 Å². The topological polar surface area (TPSA) is 44.5 Å². The van der Waals surface area contributed by atoms with E-state index in [1.54, 1.807) is 12.3 Å². The first kappa shape index (κ1) is 9.96. The van der Waals surface area contributed by atoms with Gasteiger partial charge in [0, 0.05) is 6.07 Å². The highest BCUT2D eigenvalue weighted by atomic mass is 16.7. The van der Waals surface area contributed by atoms with Gasteiger partial charge in [0.2, 0.25) is 6.79 Å². The van der Waals surface area contributed by atoms with Crippen LogP contribution >= 0.6 is 0 Å². The first-order chi connectivity index (χ1) is 8.33. The molecule has 0 radical (unpaired) electrons. The fraction of sp³-hybridized carbons (Fsp3) is 0.154. The summed E-state index contributed by atoms with van der Waals surface area (Å²) in [6.07, 6.45) is 2.25. The van der Waals surface area contributed by atoms with E-state index in [2.05, 4.69) is 11.7 Å². The van der Waals surface area contributed by atoms with Crippen molar-refractivity contribution in [3.8, 4) is 11.5 Å². The van der Waals surface area contributed by atoms with Crippen LogP contribution in [-0.4, -0.2) is 11.9 Å². The summed E-state index contributed by atoms with van der Waals surface area (Å²) < 4.78 is 15.4. The van der Waals surface area contributed by atoms with Gasteiger partial charge in [-0.15, -0.1) is 0 Å². The molecule has 0 fully saturated rings. The largest absolute Gasteiger partial charge is 0.454 e. The molecular formula is C13H11NO3. The molecule has 0 atom stereocenters. The number of allylic oxidation sites excluding steroid dienone is 1. The van der Waals surface area contributed by atoms with Gasteiger partial charge in [0.1, 0.15) is 12.0 Å². The van der Waals surface area contributed by atoms with Crippen molar-refractivity contribution in [2.75, 3.05) is 6.79 Å². The monoisotopic (exact) mass is 229 g/mol. The molecule has 0 spiro atoms. The van der Waals surface area contributed by atoms with Gasteiger partial charge in [-0.2, -0.15) is 0 Å². The van der Waals surface area contributed by atoms with Gasteiger partial charge in [-0.1, -0.05) is 17.8 Å². The van der Waals surface area contributed by atoms with Crippen LogP contribution in [0, 0.1) is 0 Å². The lowest BCUT2D eigenvalue weighted by Gasteiger charge is -2.03. The molecule has 4 nitrogen and oxygen atoms in total. The molecule has 4 heteroatoms. The average molecular weight is 229 g/mol. The SMILES string of the molecule is C=C(Cc1ccc2c(c1)OCO2)c1ccon1. The highest BCUT2D eigenvalue weighted by molar-refractivity contribution is 5.62. The van der Waals surface area contributed by atoms with Crippen LogP contribution < -0.4 is 9.47 Å². The maximum Gasteiger partial charge on any atom is 0.231 e. The summed E-state index contributed by atoms with van der Waals surface area (Å²) in [4.78, 5) is 0. The van der Waals surface area contributed by atoms with Gasteiger partial charge in [0.15, 0.2) is 11.5 Å². The number of fused-ring (bicyclic) bond motifs is 1. The van der Waals surface area contributed by atoms with Gasteiger partial charge in [0.25, 0.3) is 0 Å². The van der Waals surface area contributed by atoms with Crippen LogP contribution in [0.4, 0.5) is 0 Å².